The van der Waals surface area contributed by atoms with Gasteiger partial charge in [-0.15, -0.1) is 0 Å². The van der Waals surface area contributed by atoms with Gasteiger partial charge in [0.2, 0.25) is 0 Å². The Hall–Kier alpha value is -1.79. The van der Waals surface area contributed by atoms with E-state index in [1.54, 1.807) is 0 Å². The van der Waals surface area contributed by atoms with Crippen molar-refractivity contribution in [3.63, 3.8) is 0 Å². The molecule has 2 unspecified atom stereocenters. The fourth-order valence-electron chi connectivity index (χ4n) is 2.87. The Balaban J connectivity index is 2.06. The van der Waals surface area contributed by atoms with Crippen LogP contribution in [0.25, 0.3) is 0 Å². The molecule has 0 saturated heterocycles. The molecule has 0 saturated carbocycles. The van der Waals surface area contributed by atoms with Gasteiger partial charge in [-0.05, 0) is 30.6 Å². The second-order valence-electron chi connectivity index (χ2n) is 5.28. The molecule has 0 radical (unpaired) electrons. The van der Waals surface area contributed by atoms with Gasteiger partial charge >= 0.3 is 6.92 Å². The van der Waals surface area contributed by atoms with E-state index in [0.717, 1.165) is 11.3 Å². The first kappa shape index (κ1) is 12.3. The molecular weight excluding hydrogens is 233 g/mol. The number of hydrogen-bond acceptors (Lipinski definition) is 2. The fourth-order valence-corrected chi connectivity index (χ4v) is 2.87. The molecule has 1 aliphatic heterocycles. The summed E-state index contributed by atoms with van der Waals surface area (Å²) in [6.45, 7) is 6.46. The van der Waals surface area contributed by atoms with Crippen molar-refractivity contribution in [1.29, 1.82) is 0 Å². The van der Waals surface area contributed by atoms with Crippen molar-refractivity contribution in [2.45, 2.75) is 32.2 Å². The van der Waals surface area contributed by atoms with Crippen molar-refractivity contribution >= 4 is 12.4 Å². The Labute approximate surface area is 114 Å². The molecule has 2 nitrogen and oxygen atoms in total. The van der Waals surface area contributed by atoms with Crippen LogP contribution >= 0.6 is 0 Å². The monoisotopic (exact) mass is 249 g/mol. The lowest BCUT2D eigenvalue weighted by Gasteiger charge is -2.32. The minimum atomic E-state index is -0.388. The molecule has 2 atom stereocenters. The molecule has 1 aromatic carbocycles. The Morgan fingerprint density at radius 1 is 1.37 bits per heavy atom. The number of rotatable bonds is 2. The highest BCUT2D eigenvalue weighted by Gasteiger charge is 2.45. The molecule has 0 spiro atoms. The average molecular weight is 249 g/mol. The predicted molar refractivity (Wildman–Crippen MR) is 76.5 cm³/mol. The van der Waals surface area contributed by atoms with Crippen LogP contribution < -0.4 is 5.46 Å². The number of aromatic nitrogens is 1. The molecule has 0 N–H and O–H groups in total. The van der Waals surface area contributed by atoms with Crippen LogP contribution in [0.5, 0.6) is 0 Å². The SMILES string of the molecule is CB1OC(C)(C(C)c2ccccn2)c2c#cccc21. The third kappa shape index (κ3) is 1.84. The third-order valence-corrected chi connectivity index (χ3v) is 4.15. The fraction of sp³-hybridized carbons (Fsp3) is 0.312. The smallest absolute Gasteiger partial charge is 0.325 e. The molecular formula is C16H16BNO. The van der Waals surface area contributed by atoms with E-state index in [-0.39, 0.29) is 18.4 Å². The maximum Gasteiger partial charge on any atom is 0.325 e. The quantitative estimate of drug-likeness (QED) is 0.763. The summed E-state index contributed by atoms with van der Waals surface area (Å²) in [5.74, 6) is 0.171. The van der Waals surface area contributed by atoms with Crippen LogP contribution in [-0.2, 0) is 10.3 Å². The van der Waals surface area contributed by atoms with Crippen molar-refractivity contribution in [3.05, 3.63) is 59.9 Å². The van der Waals surface area contributed by atoms with E-state index >= 15 is 0 Å². The van der Waals surface area contributed by atoms with E-state index in [9.17, 15) is 0 Å². The lowest BCUT2D eigenvalue weighted by Crippen LogP contribution is -2.30. The zero-order valence-corrected chi connectivity index (χ0v) is 11.5. The normalized spacial score (nSPS) is 22.8. The topological polar surface area (TPSA) is 22.1 Å². The molecule has 0 aliphatic carbocycles. The largest absolute Gasteiger partial charge is 0.421 e. The first-order valence-electron chi connectivity index (χ1n) is 6.64. The summed E-state index contributed by atoms with van der Waals surface area (Å²) in [6, 6.07) is 16.3. The number of pyridine rings is 1. The van der Waals surface area contributed by atoms with Crippen LogP contribution in [0.15, 0.2) is 36.5 Å². The van der Waals surface area contributed by atoms with Crippen molar-refractivity contribution in [3.8, 4) is 0 Å². The van der Waals surface area contributed by atoms with E-state index in [0.29, 0.717) is 0 Å². The summed E-state index contributed by atoms with van der Waals surface area (Å²) in [4.78, 5) is 4.46. The van der Waals surface area contributed by atoms with Crippen LogP contribution in [0.2, 0.25) is 6.82 Å². The zero-order valence-electron chi connectivity index (χ0n) is 11.5. The van der Waals surface area contributed by atoms with E-state index in [4.69, 9.17) is 4.65 Å². The molecule has 94 valence electrons. The van der Waals surface area contributed by atoms with Gasteiger partial charge in [-0.25, -0.2) is 0 Å². The van der Waals surface area contributed by atoms with E-state index < -0.39 is 0 Å². The van der Waals surface area contributed by atoms with E-state index in [1.165, 1.54) is 5.46 Å². The highest BCUT2D eigenvalue weighted by Crippen LogP contribution is 2.41. The van der Waals surface area contributed by atoms with Gasteiger partial charge in [0.1, 0.15) is 0 Å². The highest BCUT2D eigenvalue weighted by atomic mass is 16.5. The molecule has 2 heterocycles. The molecule has 19 heavy (non-hydrogen) atoms. The van der Waals surface area contributed by atoms with E-state index in [2.05, 4.69) is 49.9 Å². The Morgan fingerprint density at radius 3 is 2.95 bits per heavy atom. The second-order valence-corrected chi connectivity index (χ2v) is 5.28. The van der Waals surface area contributed by atoms with Crippen LogP contribution in [0, 0.1) is 12.1 Å². The standard InChI is InChI=1S/C16H16BNO/c1-12(15-10-6-7-11-18-15)16(2)13-8-4-5-9-14(13)17(3)19-16/h5-7,9-12H,1-3H3. The van der Waals surface area contributed by atoms with Gasteiger partial charge in [0.15, 0.2) is 0 Å². The second kappa shape index (κ2) is 4.40. The highest BCUT2D eigenvalue weighted by molar-refractivity contribution is 6.67. The molecule has 0 amide bonds. The molecule has 1 aliphatic rings. The van der Waals surface area contributed by atoms with Crippen molar-refractivity contribution < 1.29 is 4.65 Å². The van der Waals surface area contributed by atoms with Gasteiger partial charge < -0.3 is 4.65 Å². The van der Waals surface area contributed by atoms with Gasteiger partial charge in [-0.3, -0.25) is 4.98 Å². The average Bonchev–Trinajstić information content (AvgIpc) is 2.72. The molecule has 3 rings (SSSR count). The summed E-state index contributed by atoms with van der Waals surface area (Å²) < 4.78 is 6.24. The third-order valence-electron chi connectivity index (χ3n) is 4.15. The summed E-state index contributed by atoms with van der Waals surface area (Å²) in [5.41, 5.74) is 2.98. The molecule has 1 aromatic heterocycles. The Bertz CT molecular complexity index is 586. The van der Waals surface area contributed by atoms with Gasteiger partial charge in [0.25, 0.3) is 0 Å². The molecule has 0 fully saturated rings. The Kier molecular flexibility index (Phi) is 2.84. The van der Waals surface area contributed by atoms with Gasteiger partial charge in [-0.2, -0.15) is 0 Å². The minimum absolute atomic E-state index is 0.0945. The van der Waals surface area contributed by atoms with Crippen LogP contribution in [0.1, 0.15) is 31.0 Å². The maximum absolute atomic E-state index is 6.24. The summed E-state index contributed by atoms with van der Waals surface area (Å²) >= 11 is 0. The van der Waals surface area contributed by atoms with Gasteiger partial charge in [0, 0.05) is 23.4 Å². The van der Waals surface area contributed by atoms with Crippen LogP contribution in [0.4, 0.5) is 0 Å². The number of hydrogen-bond donors (Lipinski definition) is 0. The lowest BCUT2D eigenvalue weighted by atomic mass is 9.64. The summed E-state index contributed by atoms with van der Waals surface area (Å²) in [5, 5.41) is 0. The van der Waals surface area contributed by atoms with Crippen molar-refractivity contribution in [2.24, 2.45) is 0 Å². The number of nitrogens with zero attached hydrogens (tertiary/aromatic N) is 1. The van der Waals surface area contributed by atoms with Gasteiger partial charge in [-0.1, -0.05) is 38.0 Å². The Morgan fingerprint density at radius 2 is 2.21 bits per heavy atom. The summed E-state index contributed by atoms with van der Waals surface area (Å²) in [7, 11) is 0. The van der Waals surface area contributed by atoms with Gasteiger partial charge in [0.05, 0.1) is 5.60 Å². The number of fused-ring (bicyclic) bond motifs is 1. The predicted octanol–water partition coefficient (Wildman–Crippen LogP) is 2.56. The molecule has 0 bridgehead atoms. The molecule has 2 aromatic rings. The maximum atomic E-state index is 6.24. The first-order chi connectivity index (χ1) is 9.13. The van der Waals surface area contributed by atoms with Crippen molar-refractivity contribution in [1.82, 2.24) is 4.98 Å². The first-order valence-corrected chi connectivity index (χ1v) is 6.64. The lowest BCUT2D eigenvalue weighted by molar-refractivity contribution is 0.0724. The van der Waals surface area contributed by atoms with Crippen molar-refractivity contribution in [2.75, 3.05) is 0 Å². The van der Waals surface area contributed by atoms with Crippen LogP contribution in [0.3, 0.4) is 0 Å². The summed E-state index contributed by atoms with van der Waals surface area (Å²) in [6.07, 6.45) is 1.83. The van der Waals surface area contributed by atoms with E-state index in [1.807, 2.05) is 24.4 Å². The molecule has 3 heteroatoms. The zero-order chi connectivity index (χ0) is 13.5. The van der Waals surface area contributed by atoms with Crippen LogP contribution in [-0.4, -0.2) is 11.9 Å². The minimum Gasteiger partial charge on any atom is -0.421 e.